The summed E-state index contributed by atoms with van der Waals surface area (Å²) in [4.78, 5) is 24.3. The van der Waals surface area contributed by atoms with E-state index < -0.39 is 5.97 Å². The van der Waals surface area contributed by atoms with Gasteiger partial charge in [-0.25, -0.2) is 10.2 Å². The summed E-state index contributed by atoms with van der Waals surface area (Å²) in [6, 6.07) is 21.6. The summed E-state index contributed by atoms with van der Waals surface area (Å²) in [5, 5.41) is 7.02. The number of hydrazone groups is 1. The molecule has 0 spiro atoms. The van der Waals surface area contributed by atoms with E-state index >= 15 is 0 Å². The molecular weight excluding hydrogens is 446 g/mol. The quantitative estimate of drug-likeness (QED) is 0.232. The first kappa shape index (κ1) is 21.3. The predicted octanol–water partition coefficient (Wildman–Crippen LogP) is 4.54. The van der Waals surface area contributed by atoms with Crippen molar-refractivity contribution in [1.29, 1.82) is 0 Å². The Balaban J connectivity index is 1.54. The van der Waals surface area contributed by atoms with Gasteiger partial charge in [-0.2, -0.15) is 5.10 Å². The Hall–Kier alpha value is -3.45. The zero-order valence-corrected chi connectivity index (χ0v) is 17.8. The maximum atomic E-state index is 12.3. The Bertz CT molecular complexity index is 1080. The Morgan fingerprint density at radius 3 is 2.60 bits per heavy atom. The third-order valence-electron chi connectivity index (χ3n) is 4.15. The number of aryl methyl sites for hydroxylation is 1. The zero-order valence-electron chi connectivity index (χ0n) is 16.3. The van der Waals surface area contributed by atoms with Gasteiger partial charge in [0.2, 0.25) is 0 Å². The molecule has 30 heavy (non-hydrogen) atoms. The van der Waals surface area contributed by atoms with Crippen molar-refractivity contribution in [3.63, 3.8) is 0 Å². The fraction of sp³-hybridized carbons (Fsp3) is 0.0870. The first-order chi connectivity index (χ1) is 14.5. The first-order valence-electron chi connectivity index (χ1n) is 9.21. The van der Waals surface area contributed by atoms with Crippen LogP contribution in [0.15, 0.2) is 82.4 Å². The molecule has 0 radical (unpaired) electrons. The summed E-state index contributed by atoms with van der Waals surface area (Å²) < 4.78 is 6.08. The highest BCUT2D eigenvalue weighted by Crippen LogP contribution is 2.19. The number of para-hydroxylation sites is 1. The van der Waals surface area contributed by atoms with Crippen molar-refractivity contribution >= 4 is 39.7 Å². The second kappa shape index (κ2) is 10.4. The summed E-state index contributed by atoms with van der Waals surface area (Å²) in [6.45, 7) is 2.07. The third-order valence-corrected chi connectivity index (χ3v) is 4.84. The van der Waals surface area contributed by atoms with E-state index in [1.807, 2.05) is 37.3 Å². The molecule has 0 aliphatic rings. The van der Waals surface area contributed by atoms with E-state index in [4.69, 9.17) is 4.74 Å². The lowest BCUT2D eigenvalue weighted by molar-refractivity contribution is -0.119. The lowest BCUT2D eigenvalue weighted by Gasteiger charge is -2.08. The number of benzene rings is 3. The standard InChI is InChI=1S/C23H20BrN3O3/c1-16-7-2-5-12-21(16)25-15-22(28)27-26-14-17-8-6-9-18(13-17)30-23(29)19-10-3-4-11-20(19)24/h2-14,25H,15H2,1H3,(H,27,28)/b26-14-. The number of nitrogens with one attached hydrogen (secondary N) is 2. The van der Waals surface area contributed by atoms with Crippen LogP contribution in [0.4, 0.5) is 5.69 Å². The molecule has 0 heterocycles. The zero-order chi connectivity index (χ0) is 21.3. The number of halogens is 1. The fourth-order valence-electron chi connectivity index (χ4n) is 2.61. The maximum absolute atomic E-state index is 12.3. The number of nitrogens with zero attached hydrogens (tertiary/aromatic N) is 1. The number of rotatable bonds is 7. The van der Waals surface area contributed by atoms with Crippen molar-refractivity contribution in [3.8, 4) is 5.75 Å². The summed E-state index contributed by atoms with van der Waals surface area (Å²) in [5.74, 6) is -0.356. The topological polar surface area (TPSA) is 79.8 Å². The van der Waals surface area contributed by atoms with Crippen LogP contribution in [0.5, 0.6) is 5.75 Å². The summed E-state index contributed by atoms with van der Waals surface area (Å²) >= 11 is 3.34. The molecule has 3 aromatic carbocycles. The van der Waals surface area contributed by atoms with Crippen molar-refractivity contribution in [3.05, 3.63) is 94.0 Å². The molecule has 2 N–H and O–H groups in total. The van der Waals surface area contributed by atoms with E-state index in [0.717, 1.165) is 11.3 Å². The predicted molar refractivity (Wildman–Crippen MR) is 121 cm³/mol. The van der Waals surface area contributed by atoms with Crippen LogP contribution in [-0.4, -0.2) is 24.6 Å². The molecule has 0 aliphatic carbocycles. The monoisotopic (exact) mass is 465 g/mol. The molecule has 3 aromatic rings. The van der Waals surface area contributed by atoms with Gasteiger partial charge in [-0.3, -0.25) is 4.79 Å². The molecule has 0 aromatic heterocycles. The number of amides is 1. The maximum Gasteiger partial charge on any atom is 0.344 e. The van der Waals surface area contributed by atoms with Crippen LogP contribution in [0.3, 0.4) is 0 Å². The second-order valence-electron chi connectivity index (χ2n) is 6.40. The van der Waals surface area contributed by atoms with Crippen molar-refractivity contribution in [2.24, 2.45) is 5.10 Å². The van der Waals surface area contributed by atoms with Gasteiger partial charge < -0.3 is 10.1 Å². The van der Waals surface area contributed by atoms with Crippen LogP contribution in [0.1, 0.15) is 21.5 Å². The molecule has 0 bridgehead atoms. The van der Waals surface area contributed by atoms with Crippen LogP contribution in [0.25, 0.3) is 0 Å². The second-order valence-corrected chi connectivity index (χ2v) is 7.26. The Kier molecular flexibility index (Phi) is 7.34. The molecule has 1 amide bonds. The van der Waals surface area contributed by atoms with Gasteiger partial charge in [0.15, 0.2) is 0 Å². The molecule has 0 saturated heterocycles. The smallest absolute Gasteiger partial charge is 0.344 e. The largest absolute Gasteiger partial charge is 0.423 e. The highest BCUT2D eigenvalue weighted by Gasteiger charge is 2.11. The van der Waals surface area contributed by atoms with Crippen LogP contribution in [0.2, 0.25) is 0 Å². The van der Waals surface area contributed by atoms with E-state index in [0.29, 0.717) is 21.3 Å². The van der Waals surface area contributed by atoms with E-state index in [2.05, 4.69) is 31.8 Å². The number of carbonyl (C=O) groups excluding carboxylic acids is 2. The third kappa shape index (κ3) is 6.02. The number of hydrogen-bond acceptors (Lipinski definition) is 5. The van der Waals surface area contributed by atoms with Gasteiger partial charge >= 0.3 is 5.97 Å². The highest BCUT2D eigenvalue weighted by molar-refractivity contribution is 9.10. The van der Waals surface area contributed by atoms with Crippen LogP contribution in [0, 0.1) is 6.92 Å². The minimum Gasteiger partial charge on any atom is -0.423 e. The molecule has 0 aliphatic heterocycles. The van der Waals surface area contributed by atoms with E-state index in [-0.39, 0.29) is 12.5 Å². The van der Waals surface area contributed by atoms with E-state index in [9.17, 15) is 9.59 Å². The van der Waals surface area contributed by atoms with Crippen molar-refractivity contribution in [2.75, 3.05) is 11.9 Å². The Morgan fingerprint density at radius 1 is 1.03 bits per heavy atom. The molecule has 7 heteroatoms. The first-order valence-corrected chi connectivity index (χ1v) is 10.0. The molecule has 3 rings (SSSR count). The van der Waals surface area contributed by atoms with Gasteiger partial charge in [0.1, 0.15) is 5.75 Å². The van der Waals surface area contributed by atoms with Crippen molar-refractivity contribution in [1.82, 2.24) is 5.43 Å². The SMILES string of the molecule is Cc1ccccc1NCC(=O)N/N=C\c1cccc(OC(=O)c2ccccc2Br)c1. The van der Waals surface area contributed by atoms with Crippen LogP contribution >= 0.6 is 15.9 Å². The summed E-state index contributed by atoms with van der Waals surface area (Å²) in [7, 11) is 0. The molecule has 152 valence electrons. The van der Waals surface area contributed by atoms with Crippen molar-refractivity contribution in [2.45, 2.75) is 6.92 Å². The van der Waals surface area contributed by atoms with Crippen LogP contribution in [-0.2, 0) is 4.79 Å². The summed E-state index contributed by atoms with van der Waals surface area (Å²) in [5.41, 5.74) is 5.54. The van der Waals surface area contributed by atoms with Crippen LogP contribution < -0.4 is 15.5 Å². The minimum atomic E-state index is -0.466. The number of carbonyl (C=O) groups is 2. The van der Waals surface area contributed by atoms with Gasteiger partial charge in [0.25, 0.3) is 5.91 Å². The molecule has 0 atom stereocenters. The van der Waals surface area contributed by atoms with E-state index in [1.54, 1.807) is 42.5 Å². The van der Waals surface area contributed by atoms with Crippen molar-refractivity contribution < 1.29 is 14.3 Å². The number of hydrogen-bond donors (Lipinski definition) is 2. The average Bonchev–Trinajstić information content (AvgIpc) is 2.74. The van der Waals surface area contributed by atoms with Gasteiger partial charge in [0.05, 0.1) is 18.3 Å². The fourth-order valence-corrected chi connectivity index (χ4v) is 3.06. The Labute approximate surface area is 183 Å². The molecule has 0 unspecified atom stereocenters. The Morgan fingerprint density at radius 2 is 1.80 bits per heavy atom. The number of esters is 1. The number of anilines is 1. The molecular formula is C23H20BrN3O3. The van der Waals surface area contributed by atoms with Gasteiger partial charge in [-0.1, -0.05) is 42.5 Å². The number of ether oxygens (including phenoxy) is 1. The van der Waals surface area contributed by atoms with Gasteiger partial charge in [-0.15, -0.1) is 0 Å². The van der Waals surface area contributed by atoms with Gasteiger partial charge in [-0.05, 0) is 64.3 Å². The average molecular weight is 466 g/mol. The lowest BCUT2D eigenvalue weighted by atomic mass is 10.2. The molecule has 0 fully saturated rings. The highest BCUT2D eigenvalue weighted by atomic mass is 79.9. The summed E-state index contributed by atoms with van der Waals surface area (Å²) in [6.07, 6.45) is 1.49. The van der Waals surface area contributed by atoms with E-state index in [1.165, 1.54) is 6.21 Å². The molecule has 6 nitrogen and oxygen atoms in total. The van der Waals surface area contributed by atoms with Gasteiger partial charge in [0, 0.05) is 10.2 Å². The lowest BCUT2D eigenvalue weighted by Crippen LogP contribution is -2.26. The normalized spacial score (nSPS) is 10.6. The molecule has 0 saturated carbocycles. The minimum absolute atomic E-state index is 0.103.